The molecule has 1 N–H and O–H groups in total. The molecule has 2 aromatic carbocycles. The summed E-state index contributed by atoms with van der Waals surface area (Å²) in [5.74, 6) is -0.334. The van der Waals surface area contributed by atoms with Crippen LogP contribution in [0.1, 0.15) is 48.8 Å². The number of aliphatic hydroxyl groups is 1. The highest BCUT2D eigenvalue weighted by molar-refractivity contribution is 5.72. The third kappa shape index (κ3) is 4.50. The summed E-state index contributed by atoms with van der Waals surface area (Å²) >= 11 is 0. The van der Waals surface area contributed by atoms with Crippen LogP contribution in [0.15, 0.2) is 54.6 Å². The van der Waals surface area contributed by atoms with Crippen molar-refractivity contribution in [2.75, 3.05) is 0 Å². The van der Waals surface area contributed by atoms with Crippen LogP contribution >= 0.6 is 0 Å². The van der Waals surface area contributed by atoms with Crippen molar-refractivity contribution >= 4 is 5.97 Å². The van der Waals surface area contributed by atoms with Crippen molar-refractivity contribution in [2.45, 2.75) is 50.2 Å². The Morgan fingerprint density at radius 1 is 1.12 bits per heavy atom. The molecule has 1 aliphatic heterocycles. The molecule has 1 aliphatic rings. The fourth-order valence-corrected chi connectivity index (χ4v) is 3.53. The van der Waals surface area contributed by atoms with Gasteiger partial charge in [-0.1, -0.05) is 42.5 Å². The van der Waals surface area contributed by atoms with Gasteiger partial charge in [-0.05, 0) is 48.9 Å². The van der Waals surface area contributed by atoms with Crippen LogP contribution in [0.25, 0.3) is 0 Å². The summed E-state index contributed by atoms with van der Waals surface area (Å²) in [5.41, 5.74) is 1.52. The van der Waals surface area contributed by atoms with Crippen molar-refractivity contribution in [1.29, 1.82) is 5.26 Å². The number of hydrogen-bond donors (Lipinski definition) is 1. The van der Waals surface area contributed by atoms with E-state index in [2.05, 4.69) is 6.07 Å². The highest BCUT2D eigenvalue weighted by atomic mass is 16.5. The summed E-state index contributed by atoms with van der Waals surface area (Å²) in [5, 5.41) is 19.8. The van der Waals surface area contributed by atoms with Crippen molar-refractivity contribution in [3.05, 3.63) is 71.3 Å². The van der Waals surface area contributed by atoms with E-state index < -0.39 is 5.60 Å². The second-order valence-electron chi connectivity index (χ2n) is 6.94. The van der Waals surface area contributed by atoms with E-state index in [1.807, 2.05) is 54.6 Å². The second kappa shape index (κ2) is 8.16. The van der Waals surface area contributed by atoms with Gasteiger partial charge in [0.15, 0.2) is 0 Å². The molecule has 4 nitrogen and oxygen atoms in total. The molecule has 2 atom stereocenters. The minimum Gasteiger partial charge on any atom is -0.462 e. The topological polar surface area (TPSA) is 70.3 Å². The molecule has 0 bridgehead atoms. The number of ether oxygens (including phenoxy) is 1. The summed E-state index contributed by atoms with van der Waals surface area (Å²) in [6.07, 6.45) is 3.78. The fourth-order valence-electron chi connectivity index (χ4n) is 3.53. The Morgan fingerprint density at radius 3 is 2.54 bits per heavy atom. The molecule has 4 heteroatoms. The molecule has 1 saturated heterocycles. The Balaban J connectivity index is 1.51. The molecular formula is C22H23NO3. The number of carbonyl (C=O) groups is 1. The van der Waals surface area contributed by atoms with Gasteiger partial charge in [0.05, 0.1) is 18.1 Å². The number of nitrogens with zero attached hydrogens (tertiary/aromatic N) is 1. The van der Waals surface area contributed by atoms with Gasteiger partial charge in [-0.25, -0.2) is 0 Å². The van der Waals surface area contributed by atoms with E-state index in [1.54, 1.807) is 0 Å². The van der Waals surface area contributed by atoms with Gasteiger partial charge in [0.1, 0.15) is 11.7 Å². The number of esters is 1. The Hall–Kier alpha value is -2.64. The summed E-state index contributed by atoms with van der Waals surface area (Å²) < 4.78 is 5.45. The molecule has 3 rings (SSSR count). The van der Waals surface area contributed by atoms with E-state index in [9.17, 15) is 9.90 Å². The van der Waals surface area contributed by atoms with E-state index in [1.165, 1.54) is 5.56 Å². The molecule has 0 spiro atoms. The van der Waals surface area contributed by atoms with Crippen molar-refractivity contribution in [3.8, 4) is 6.07 Å². The molecule has 1 heterocycles. The molecule has 0 aromatic heterocycles. The first-order chi connectivity index (χ1) is 12.6. The van der Waals surface area contributed by atoms with Crippen molar-refractivity contribution in [2.24, 2.45) is 0 Å². The van der Waals surface area contributed by atoms with Crippen LogP contribution in [0.3, 0.4) is 0 Å². The predicted molar refractivity (Wildman–Crippen MR) is 98.2 cm³/mol. The number of cyclic esters (lactones) is 1. The van der Waals surface area contributed by atoms with Crippen LogP contribution in [-0.4, -0.2) is 17.2 Å². The van der Waals surface area contributed by atoms with Crippen LogP contribution in [0.2, 0.25) is 0 Å². The predicted octanol–water partition coefficient (Wildman–Crippen LogP) is 3.86. The highest BCUT2D eigenvalue weighted by Gasteiger charge is 2.40. The van der Waals surface area contributed by atoms with Gasteiger partial charge >= 0.3 is 5.97 Å². The lowest BCUT2D eigenvalue weighted by molar-refractivity contribution is -0.172. The number of rotatable bonds is 6. The largest absolute Gasteiger partial charge is 0.462 e. The summed E-state index contributed by atoms with van der Waals surface area (Å²) in [6, 6.07) is 19.1. The Bertz CT molecular complexity index is 779. The van der Waals surface area contributed by atoms with Gasteiger partial charge in [0.25, 0.3) is 0 Å². The third-order valence-corrected chi connectivity index (χ3v) is 4.94. The van der Waals surface area contributed by atoms with Crippen molar-refractivity contribution in [3.63, 3.8) is 0 Å². The van der Waals surface area contributed by atoms with Crippen LogP contribution in [0.4, 0.5) is 0 Å². The maximum Gasteiger partial charge on any atom is 0.309 e. The summed E-state index contributed by atoms with van der Waals surface area (Å²) in [6.45, 7) is 0. The monoisotopic (exact) mass is 349 g/mol. The summed E-state index contributed by atoms with van der Waals surface area (Å²) in [7, 11) is 0. The number of aryl methyl sites for hydroxylation is 1. The molecule has 0 aliphatic carbocycles. The second-order valence-corrected chi connectivity index (χ2v) is 6.94. The van der Waals surface area contributed by atoms with E-state index in [0.717, 1.165) is 31.2 Å². The lowest BCUT2D eigenvalue weighted by atomic mass is 9.82. The molecule has 0 unspecified atom stereocenters. The average molecular weight is 349 g/mol. The zero-order valence-corrected chi connectivity index (χ0v) is 14.7. The lowest BCUT2D eigenvalue weighted by Crippen LogP contribution is -2.41. The highest BCUT2D eigenvalue weighted by Crippen LogP contribution is 2.36. The zero-order valence-electron chi connectivity index (χ0n) is 14.7. The van der Waals surface area contributed by atoms with Crippen LogP contribution in [-0.2, 0) is 21.6 Å². The first-order valence-corrected chi connectivity index (χ1v) is 9.05. The molecule has 2 aromatic rings. The van der Waals surface area contributed by atoms with Gasteiger partial charge < -0.3 is 9.84 Å². The Labute approximate surface area is 154 Å². The first-order valence-electron chi connectivity index (χ1n) is 9.05. The van der Waals surface area contributed by atoms with Crippen LogP contribution < -0.4 is 0 Å². The zero-order chi connectivity index (χ0) is 18.4. The molecule has 1 fully saturated rings. The minimum atomic E-state index is -1.13. The van der Waals surface area contributed by atoms with Gasteiger partial charge in [0.2, 0.25) is 0 Å². The van der Waals surface area contributed by atoms with Gasteiger partial charge in [-0.3, -0.25) is 4.79 Å². The Morgan fingerprint density at radius 2 is 1.85 bits per heavy atom. The maximum absolute atomic E-state index is 12.0. The summed E-state index contributed by atoms with van der Waals surface area (Å²) in [4.78, 5) is 12.0. The SMILES string of the molecule is N#Cc1ccc(CCCC[C@@H]2C[C@](O)(c3ccccc3)CC(=O)O2)cc1. The number of benzene rings is 2. The smallest absolute Gasteiger partial charge is 0.309 e. The van der Waals surface area contributed by atoms with Gasteiger partial charge in [-0.15, -0.1) is 0 Å². The lowest BCUT2D eigenvalue weighted by Gasteiger charge is -2.36. The Kier molecular flexibility index (Phi) is 5.70. The third-order valence-electron chi connectivity index (χ3n) is 4.94. The number of hydrogen-bond acceptors (Lipinski definition) is 4. The van der Waals surface area contributed by atoms with Gasteiger partial charge in [0, 0.05) is 6.42 Å². The van der Waals surface area contributed by atoms with Gasteiger partial charge in [-0.2, -0.15) is 5.26 Å². The quantitative estimate of drug-likeness (QED) is 0.635. The molecule has 0 radical (unpaired) electrons. The van der Waals surface area contributed by atoms with Crippen LogP contribution in [0.5, 0.6) is 0 Å². The normalized spacial score (nSPS) is 22.5. The molecule has 26 heavy (non-hydrogen) atoms. The molecule has 0 saturated carbocycles. The van der Waals surface area contributed by atoms with E-state index in [-0.39, 0.29) is 18.5 Å². The molecular weight excluding hydrogens is 326 g/mol. The number of unbranched alkanes of at least 4 members (excludes halogenated alkanes) is 1. The van der Waals surface area contributed by atoms with Crippen molar-refractivity contribution < 1.29 is 14.6 Å². The first kappa shape index (κ1) is 18.2. The number of carbonyl (C=O) groups excluding carboxylic acids is 1. The molecule has 0 amide bonds. The maximum atomic E-state index is 12.0. The van der Waals surface area contributed by atoms with E-state index in [4.69, 9.17) is 10.00 Å². The molecule has 134 valence electrons. The van der Waals surface area contributed by atoms with E-state index in [0.29, 0.717) is 12.0 Å². The minimum absolute atomic E-state index is 0.0127. The standard InChI is InChI=1S/C22H23NO3/c23-16-18-12-10-17(11-13-18)6-4-5-9-20-14-22(25,15-21(24)26-20)19-7-2-1-3-8-19/h1-3,7-8,10-13,20,25H,4-6,9,14-15H2/t20-,22-/m1/s1. The van der Waals surface area contributed by atoms with E-state index >= 15 is 0 Å². The van der Waals surface area contributed by atoms with Crippen molar-refractivity contribution in [1.82, 2.24) is 0 Å². The van der Waals surface area contributed by atoms with Crippen LogP contribution in [0, 0.1) is 11.3 Å². The fraction of sp³-hybridized carbons (Fsp3) is 0.364. The average Bonchev–Trinajstić information content (AvgIpc) is 2.66. The number of nitriles is 1.